The van der Waals surface area contributed by atoms with Gasteiger partial charge in [-0.2, -0.15) is 0 Å². The predicted octanol–water partition coefficient (Wildman–Crippen LogP) is 25.3. The van der Waals surface area contributed by atoms with E-state index in [9.17, 15) is 0 Å². The molecule has 0 aliphatic heterocycles. The number of rotatable bonds is 13. The van der Waals surface area contributed by atoms with Gasteiger partial charge in [-0.3, -0.25) is 0 Å². The number of fused-ring (bicyclic) bond motifs is 6. The quantitative estimate of drug-likeness (QED) is 0.0893. The lowest BCUT2D eigenvalue weighted by Gasteiger charge is -2.39. The molecule has 2 aliphatic rings. The third kappa shape index (κ3) is 17.5. The second-order valence-electron chi connectivity index (χ2n) is 26.1. The molecule has 8 heteroatoms. The van der Waals surface area contributed by atoms with Crippen molar-refractivity contribution in [2.75, 3.05) is 7.11 Å². The summed E-state index contributed by atoms with van der Waals surface area (Å²) < 4.78 is 12.1. The van der Waals surface area contributed by atoms with E-state index >= 15 is 0 Å². The number of thiophene rings is 2. The molecule has 498 valence electrons. The number of halogens is 1. The number of hydrogen-bond acceptors (Lipinski definition) is 5. The largest absolute Gasteiger partial charge is 0.496 e. The number of hydrogen-bond donors (Lipinski definition) is 2. The van der Waals surface area contributed by atoms with Gasteiger partial charge in [0.25, 0.3) is 0 Å². The highest BCUT2D eigenvalue weighted by Crippen LogP contribution is 2.57. The molecular formula is C91H89BBrO3PS2. The summed E-state index contributed by atoms with van der Waals surface area (Å²) in [7, 11) is 0.290. The molecule has 0 radical (unpaired) electrons. The van der Waals surface area contributed by atoms with Gasteiger partial charge in [-0.15, -0.1) is 22.7 Å². The van der Waals surface area contributed by atoms with Crippen LogP contribution in [0.5, 0.6) is 5.75 Å². The maximum absolute atomic E-state index is 9.15. The molecule has 0 bridgehead atoms. The molecule has 2 heterocycles. The summed E-state index contributed by atoms with van der Waals surface area (Å²) in [6, 6.07) is 101. The fourth-order valence-electron chi connectivity index (χ4n) is 14.4. The molecule has 99 heavy (non-hydrogen) atoms. The third-order valence-electron chi connectivity index (χ3n) is 19.2. The zero-order valence-corrected chi connectivity index (χ0v) is 61.6. The number of aryl methyl sites for hydroxylation is 1. The molecule has 2 N–H and O–H groups in total. The Morgan fingerprint density at radius 2 is 0.818 bits per heavy atom. The van der Waals surface area contributed by atoms with Crippen molar-refractivity contribution < 1.29 is 14.8 Å². The highest BCUT2D eigenvalue weighted by Gasteiger charge is 2.34. The Morgan fingerprint density at radius 1 is 0.404 bits per heavy atom. The van der Waals surface area contributed by atoms with Crippen LogP contribution < -0.4 is 15.5 Å². The van der Waals surface area contributed by atoms with Gasteiger partial charge in [0.2, 0.25) is 0 Å². The van der Waals surface area contributed by atoms with Gasteiger partial charge in [-0.25, -0.2) is 0 Å². The lowest BCUT2D eigenvalue weighted by atomic mass is 9.80. The fraction of sp³-hybridized carbons (Fsp3) is 0.209. The molecule has 2 fully saturated rings. The van der Waals surface area contributed by atoms with E-state index in [0.29, 0.717) is 5.46 Å². The average Bonchev–Trinajstić information content (AvgIpc) is 1.77. The molecule has 14 aromatic rings. The van der Waals surface area contributed by atoms with Crippen molar-refractivity contribution in [2.24, 2.45) is 0 Å². The molecule has 0 spiro atoms. The van der Waals surface area contributed by atoms with Crippen LogP contribution in [-0.2, 0) is 12.8 Å². The zero-order chi connectivity index (χ0) is 68.3. The van der Waals surface area contributed by atoms with Crippen LogP contribution >= 0.6 is 46.5 Å². The van der Waals surface area contributed by atoms with Crippen molar-refractivity contribution in [1.82, 2.24) is 0 Å². The van der Waals surface area contributed by atoms with Crippen LogP contribution in [0, 0.1) is 6.92 Å². The van der Waals surface area contributed by atoms with E-state index in [1.165, 1.54) is 182 Å². The summed E-state index contributed by atoms with van der Waals surface area (Å²) in [6.45, 7) is 6.48. The minimum absolute atomic E-state index is 0.122. The second kappa shape index (κ2) is 35.2. The molecule has 2 aromatic heterocycles. The van der Waals surface area contributed by atoms with Crippen LogP contribution in [0.2, 0.25) is 0 Å². The zero-order valence-electron chi connectivity index (χ0n) is 57.5. The van der Waals surface area contributed by atoms with Crippen LogP contribution in [0.4, 0.5) is 0 Å². The Balaban J connectivity index is 0.000000127. The van der Waals surface area contributed by atoms with E-state index in [-0.39, 0.29) is 7.92 Å². The number of ether oxygens (including phenoxy) is 1. The molecule has 0 atom stereocenters. The molecule has 3 nitrogen and oxygen atoms in total. The van der Waals surface area contributed by atoms with Crippen LogP contribution in [0.25, 0.3) is 84.9 Å². The van der Waals surface area contributed by atoms with E-state index < -0.39 is 7.12 Å². The molecular weight excluding hydrogens is 1330 g/mol. The molecule has 16 rings (SSSR count). The summed E-state index contributed by atoms with van der Waals surface area (Å²) in [5.74, 6) is 1.02. The van der Waals surface area contributed by atoms with Gasteiger partial charge in [0.1, 0.15) is 5.75 Å². The van der Waals surface area contributed by atoms with Crippen molar-refractivity contribution in [3.8, 4) is 50.3 Å². The van der Waals surface area contributed by atoms with Gasteiger partial charge in [0.15, 0.2) is 0 Å². The molecule has 0 saturated heterocycles. The van der Waals surface area contributed by atoms with Gasteiger partial charge in [0, 0.05) is 45.0 Å². The fourth-order valence-corrected chi connectivity index (χ4v) is 21.0. The number of methoxy groups -OCH3 is 1. The summed E-state index contributed by atoms with van der Waals surface area (Å²) in [4.78, 5) is 0. The lowest BCUT2D eigenvalue weighted by molar-refractivity contribution is 0.416. The van der Waals surface area contributed by atoms with Gasteiger partial charge in [0.05, 0.1) is 7.11 Å². The van der Waals surface area contributed by atoms with Crippen LogP contribution in [0.1, 0.15) is 112 Å². The Morgan fingerprint density at radius 3 is 1.33 bits per heavy atom. The summed E-state index contributed by atoms with van der Waals surface area (Å²) in [6.07, 6.45) is 17.5. The molecule has 2 aliphatic carbocycles. The lowest BCUT2D eigenvalue weighted by Crippen LogP contribution is -2.29. The molecule has 0 amide bonds. The maximum Gasteiger partial charge on any atom is 0.488 e. The molecule has 0 unspecified atom stereocenters. The third-order valence-corrected chi connectivity index (χ3v) is 25.8. The maximum atomic E-state index is 9.15. The van der Waals surface area contributed by atoms with Gasteiger partial charge >= 0.3 is 7.12 Å². The van der Waals surface area contributed by atoms with Gasteiger partial charge < -0.3 is 14.8 Å². The van der Waals surface area contributed by atoms with E-state index in [1.807, 2.05) is 42.7 Å². The second-order valence-corrected chi connectivity index (χ2v) is 31.8. The first kappa shape index (κ1) is 70.6. The smallest absolute Gasteiger partial charge is 0.488 e. The van der Waals surface area contributed by atoms with E-state index in [1.54, 1.807) is 22.7 Å². The summed E-state index contributed by atoms with van der Waals surface area (Å²) >= 11 is 7.23. The topological polar surface area (TPSA) is 49.7 Å². The van der Waals surface area contributed by atoms with Crippen molar-refractivity contribution in [2.45, 2.75) is 116 Å². The monoisotopic (exact) mass is 1410 g/mol. The average molecular weight is 1420 g/mol. The van der Waals surface area contributed by atoms with Crippen LogP contribution in [-0.4, -0.2) is 35.6 Å². The Labute approximate surface area is 605 Å². The minimum Gasteiger partial charge on any atom is -0.496 e. The van der Waals surface area contributed by atoms with E-state index in [4.69, 9.17) is 14.8 Å². The summed E-state index contributed by atoms with van der Waals surface area (Å²) in [5, 5.41) is 24.9. The van der Waals surface area contributed by atoms with Crippen LogP contribution in [0.15, 0.2) is 290 Å². The Hall–Kier alpha value is -8.23. The first-order chi connectivity index (χ1) is 48.7. The minimum atomic E-state index is -1.40. The number of benzene rings is 12. The standard InChI is InChI=1S/C31H22S.C26H35OP.C19H15Br.C12H9BO2S.C3H8/c1-2-10-22(11-3-1)26-14-6-4-12-23(26)20-24-13-5-7-15-27(24)25-18-19-31-29(21-25)28-16-8-9-17-30(28)32-31;1-20-12-11-18-24(27-2)26(20)23-17-9-10-19-25(23)28(21-13-5-3-6-14-21)22-15-7-4-8-16-22;20-19-13-7-5-11-17(19)14-16-10-4-6-12-18(16)15-8-2-1-3-9-15;14-13(15)8-5-6-12-10(7-8)9-3-1-2-4-11(9)16-12;1-3-2/h1-19,21H,20H2;9-12,17-19,21-22H,3-8,13-16H2,1-2H3;1-13H,14H2;1-7,14-15H;3H2,1-2H3. The van der Waals surface area contributed by atoms with E-state index in [2.05, 4.69) is 291 Å². The van der Waals surface area contributed by atoms with Crippen molar-refractivity contribution >= 4 is 105 Å². The van der Waals surface area contributed by atoms with Crippen molar-refractivity contribution in [3.63, 3.8) is 0 Å². The Bertz CT molecular complexity index is 4880. The normalized spacial score (nSPS) is 13.1. The van der Waals surface area contributed by atoms with Crippen molar-refractivity contribution in [1.29, 1.82) is 0 Å². The molecule has 12 aromatic carbocycles. The van der Waals surface area contributed by atoms with Crippen molar-refractivity contribution in [3.05, 3.63) is 317 Å². The first-order valence-corrected chi connectivity index (χ1v) is 39.4. The SMILES string of the molecule is Brc1ccccc1Cc1ccccc1-c1ccccc1.CCC.COc1cccc(C)c1-c1ccccc1P(C1CCCCC1)C1CCCCC1.OB(O)c1ccc2sc3ccccc3c2c1.c1ccc(-c2ccccc2Cc2ccccc2-c2ccc3sc4ccccc4c3c2)cc1. The van der Waals surface area contributed by atoms with Gasteiger partial charge in [-0.1, -0.05) is 325 Å². The highest BCUT2D eigenvalue weighted by molar-refractivity contribution is 9.10. The Kier molecular flexibility index (Phi) is 25.1. The summed E-state index contributed by atoms with van der Waals surface area (Å²) in [5.41, 5.74) is 19.6. The van der Waals surface area contributed by atoms with Gasteiger partial charge in [-0.05, 0) is 182 Å². The highest BCUT2D eigenvalue weighted by atomic mass is 79.9. The molecule has 2 saturated carbocycles. The van der Waals surface area contributed by atoms with E-state index in [0.717, 1.165) is 35.3 Å². The predicted molar refractivity (Wildman–Crippen MR) is 437 cm³/mol. The first-order valence-electron chi connectivity index (χ1n) is 35.5. The van der Waals surface area contributed by atoms with Crippen LogP contribution in [0.3, 0.4) is 0 Å².